The second-order valence-corrected chi connectivity index (χ2v) is 6.80. The first-order valence-corrected chi connectivity index (χ1v) is 9.06. The quantitative estimate of drug-likeness (QED) is 0.517. The number of amides is 1. The van der Waals surface area contributed by atoms with E-state index < -0.39 is 30.7 Å². The van der Waals surface area contributed by atoms with Crippen molar-refractivity contribution in [1.29, 1.82) is 0 Å². The van der Waals surface area contributed by atoms with Crippen molar-refractivity contribution in [1.82, 2.24) is 15.3 Å². The van der Waals surface area contributed by atoms with Gasteiger partial charge in [-0.05, 0) is 37.6 Å². The summed E-state index contributed by atoms with van der Waals surface area (Å²) in [5, 5.41) is 2.77. The van der Waals surface area contributed by atoms with Gasteiger partial charge in [-0.1, -0.05) is 11.6 Å². The Balaban J connectivity index is 2.10. The van der Waals surface area contributed by atoms with Gasteiger partial charge in [-0.3, -0.25) is 9.59 Å². The Labute approximate surface area is 175 Å². The number of halogens is 4. The smallest absolute Gasteiger partial charge is 0.422 e. The number of hydrogen-bond acceptors (Lipinski definition) is 6. The summed E-state index contributed by atoms with van der Waals surface area (Å²) < 4.78 is 46.1. The number of pyridine rings is 2. The Morgan fingerprint density at radius 1 is 1.27 bits per heavy atom. The second-order valence-electron chi connectivity index (χ2n) is 6.41. The van der Waals surface area contributed by atoms with Crippen LogP contribution < -0.4 is 10.1 Å². The molecular weight excluding hydrogens is 427 g/mol. The number of alkyl halides is 3. The average molecular weight is 446 g/mol. The van der Waals surface area contributed by atoms with Gasteiger partial charge >= 0.3 is 12.1 Å². The molecule has 30 heavy (non-hydrogen) atoms. The highest BCUT2D eigenvalue weighted by Crippen LogP contribution is 2.23. The number of aromatic nitrogens is 2. The third kappa shape index (κ3) is 6.87. The lowest BCUT2D eigenvalue weighted by atomic mass is 10.1. The van der Waals surface area contributed by atoms with E-state index in [2.05, 4.69) is 24.8 Å². The molecule has 1 atom stereocenters. The lowest BCUT2D eigenvalue weighted by Gasteiger charge is -2.16. The van der Waals surface area contributed by atoms with E-state index in [9.17, 15) is 22.8 Å². The van der Waals surface area contributed by atoms with Gasteiger partial charge in [-0.15, -0.1) is 0 Å². The van der Waals surface area contributed by atoms with Gasteiger partial charge in [0.25, 0.3) is 5.91 Å². The van der Waals surface area contributed by atoms with Crippen LogP contribution in [0.4, 0.5) is 13.2 Å². The van der Waals surface area contributed by atoms with Crippen LogP contribution in [0.5, 0.6) is 5.88 Å². The third-order valence-corrected chi connectivity index (χ3v) is 4.13. The molecule has 162 valence electrons. The highest BCUT2D eigenvalue weighted by Gasteiger charge is 2.29. The number of carbonyl (C=O) groups is 2. The van der Waals surface area contributed by atoms with Crippen LogP contribution >= 0.6 is 11.6 Å². The largest absolute Gasteiger partial charge is 0.469 e. The molecule has 2 aromatic heterocycles. The lowest BCUT2D eigenvalue weighted by Crippen LogP contribution is -2.27. The monoisotopic (exact) mass is 445 g/mol. The molecule has 2 heterocycles. The zero-order chi connectivity index (χ0) is 22.5. The van der Waals surface area contributed by atoms with Crippen molar-refractivity contribution in [3.8, 4) is 5.88 Å². The van der Waals surface area contributed by atoms with Gasteiger partial charge in [-0.2, -0.15) is 13.2 Å². The summed E-state index contributed by atoms with van der Waals surface area (Å²) >= 11 is 5.93. The zero-order valence-corrected chi connectivity index (χ0v) is 17.1. The molecule has 0 bridgehead atoms. The molecule has 0 aliphatic rings. The minimum Gasteiger partial charge on any atom is -0.469 e. The fourth-order valence-corrected chi connectivity index (χ4v) is 2.70. The molecule has 0 saturated carbocycles. The molecule has 7 nitrogen and oxygen atoms in total. The summed E-state index contributed by atoms with van der Waals surface area (Å²) in [5.41, 5.74) is 1.42. The van der Waals surface area contributed by atoms with E-state index in [-0.39, 0.29) is 28.7 Å². The maximum atomic E-state index is 12.6. The molecule has 2 aromatic rings. The fraction of sp³-hybridized carbons (Fsp3) is 0.368. The number of aryl methyl sites for hydroxylation is 1. The normalized spacial score (nSPS) is 12.2. The summed E-state index contributed by atoms with van der Waals surface area (Å²) in [6.07, 6.45) is -3.28. The molecule has 0 saturated heterocycles. The molecule has 1 amide bonds. The Morgan fingerprint density at radius 3 is 2.57 bits per heavy atom. The Kier molecular flexibility index (Phi) is 7.60. The predicted octanol–water partition coefficient (Wildman–Crippen LogP) is 3.59. The third-order valence-electron chi connectivity index (χ3n) is 3.93. The highest BCUT2D eigenvalue weighted by atomic mass is 35.5. The topological polar surface area (TPSA) is 90.4 Å². The minimum absolute atomic E-state index is 0.0397. The van der Waals surface area contributed by atoms with Crippen LogP contribution in [0.25, 0.3) is 0 Å². The first-order chi connectivity index (χ1) is 14.0. The molecule has 0 aromatic carbocycles. The Hall–Kier alpha value is -2.88. The number of methoxy groups -OCH3 is 1. The van der Waals surface area contributed by atoms with Crippen LogP contribution in [0.2, 0.25) is 5.15 Å². The molecule has 0 fully saturated rings. The molecule has 0 radical (unpaired) electrons. The van der Waals surface area contributed by atoms with Crippen molar-refractivity contribution in [3.63, 3.8) is 0 Å². The molecule has 0 aliphatic heterocycles. The summed E-state index contributed by atoms with van der Waals surface area (Å²) in [4.78, 5) is 31.9. The lowest BCUT2D eigenvalue weighted by molar-refractivity contribution is -0.154. The van der Waals surface area contributed by atoms with E-state index in [1.807, 2.05) is 0 Å². The van der Waals surface area contributed by atoms with Gasteiger partial charge in [0.15, 0.2) is 6.61 Å². The summed E-state index contributed by atoms with van der Waals surface area (Å²) in [6, 6.07) is 3.83. The maximum Gasteiger partial charge on any atom is 0.422 e. The molecule has 11 heteroatoms. The summed E-state index contributed by atoms with van der Waals surface area (Å²) in [7, 11) is 1.23. The first kappa shape index (κ1) is 23.4. The van der Waals surface area contributed by atoms with Gasteiger partial charge in [-0.25, -0.2) is 9.97 Å². The van der Waals surface area contributed by atoms with E-state index in [0.29, 0.717) is 11.1 Å². The molecule has 1 N–H and O–H groups in total. The minimum atomic E-state index is -4.47. The van der Waals surface area contributed by atoms with E-state index in [1.165, 1.54) is 25.4 Å². The highest BCUT2D eigenvalue weighted by molar-refractivity contribution is 6.29. The van der Waals surface area contributed by atoms with Crippen LogP contribution in [-0.4, -0.2) is 41.7 Å². The van der Waals surface area contributed by atoms with Crippen LogP contribution in [-0.2, 0) is 16.0 Å². The number of nitrogens with one attached hydrogen (secondary N) is 1. The maximum absolute atomic E-state index is 12.6. The van der Waals surface area contributed by atoms with Gasteiger partial charge in [0, 0.05) is 17.3 Å². The Bertz CT molecular complexity index is 938. The van der Waals surface area contributed by atoms with E-state index in [4.69, 9.17) is 11.6 Å². The van der Waals surface area contributed by atoms with Crippen molar-refractivity contribution < 1.29 is 32.2 Å². The van der Waals surface area contributed by atoms with Crippen molar-refractivity contribution in [2.75, 3.05) is 13.7 Å². The second kappa shape index (κ2) is 9.75. The van der Waals surface area contributed by atoms with Crippen LogP contribution in [0.1, 0.15) is 40.1 Å². The van der Waals surface area contributed by atoms with E-state index >= 15 is 0 Å². The SMILES string of the molecule is COC(=O)Cc1cc(C(=O)NC(C)c2cnc(OCC(F)(F)F)c(C)c2)cc(Cl)n1. The number of ether oxygens (including phenoxy) is 2. The molecule has 0 spiro atoms. The molecule has 1 unspecified atom stereocenters. The van der Waals surface area contributed by atoms with Crippen molar-refractivity contribution in [2.24, 2.45) is 0 Å². The van der Waals surface area contributed by atoms with Gasteiger partial charge < -0.3 is 14.8 Å². The zero-order valence-electron chi connectivity index (χ0n) is 16.3. The van der Waals surface area contributed by atoms with Crippen molar-refractivity contribution in [2.45, 2.75) is 32.5 Å². The molecule has 0 aliphatic carbocycles. The van der Waals surface area contributed by atoms with Crippen LogP contribution in [0.3, 0.4) is 0 Å². The Morgan fingerprint density at radius 2 is 1.97 bits per heavy atom. The van der Waals surface area contributed by atoms with Gasteiger partial charge in [0.05, 0.1) is 25.3 Å². The number of hydrogen-bond donors (Lipinski definition) is 1. The number of rotatable bonds is 7. The summed E-state index contributed by atoms with van der Waals surface area (Å²) in [6.45, 7) is 1.80. The molecule has 2 rings (SSSR count). The predicted molar refractivity (Wildman–Crippen MR) is 101 cm³/mol. The molecular formula is C19H19ClF3N3O4. The summed E-state index contributed by atoms with van der Waals surface area (Å²) in [5.74, 6) is -1.14. The van der Waals surface area contributed by atoms with E-state index in [0.717, 1.165) is 0 Å². The van der Waals surface area contributed by atoms with E-state index in [1.54, 1.807) is 19.9 Å². The first-order valence-electron chi connectivity index (χ1n) is 8.68. The van der Waals surface area contributed by atoms with Crippen molar-refractivity contribution >= 4 is 23.5 Å². The number of nitrogens with zero attached hydrogens (tertiary/aromatic N) is 2. The number of carbonyl (C=O) groups excluding carboxylic acids is 2. The van der Waals surface area contributed by atoms with Crippen molar-refractivity contribution in [3.05, 3.63) is 51.9 Å². The standard InChI is InChI=1S/C19H19ClF3N3O4/c1-10-4-13(8-24-18(10)30-9-19(21,22)23)11(2)25-17(28)12-5-14(7-16(27)29-3)26-15(20)6-12/h4-6,8,11H,7,9H2,1-3H3,(H,25,28). The van der Waals surface area contributed by atoms with Crippen LogP contribution in [0, 0.1) is 6.92 Å². The fourth-order valence-electron chi connectivity index (χ4n) is 2.48. The van der Waals surface area contributed by atoms with Gasteiger partial charge in [0.2, 0.25) is 5.88 Å². The van der Waals surface area contributed by atoms with Gasteiger partial charge in [0.1, 0.15) is 5.15 Å². The van der Waals surface area contributed by atoms with Crippen LogP contribution in [0.15, 0.2) is 24.4 Å². The number of esters is 1. The average Bonchev–Trinajstić information content (AvgIpc) is 2.65.